The fraction of sp³-hybridized carbons (Fsp3) is 0.538. The number of hydrogen-bond acceptors (Lipinski definition) is 0. The van der Waals surface area contributed by atoms with Crippen LogP contribution in [0.3, 0.4) is 0 Å². The first-order chi connectivity index (χ1) is 6.20. The summed E-state index contributed by atoms with van der Waals surface area (Å²) in [6.45, 7) is 10.4. The highest BCUT2D eigenvalue weighted by Gasteiger charge is 1.92. The van der Waals surface area contributed by atoms with Gasteiger partial charge in [0.2, 0.25) is 0 Å². The maximum Gasteiger partial charge on any atom is -0.0317 e. The molecular weight excluding hydrogens is 156 g/mol. The third-order valence-electron chi connectivity index (χ3n) is 2.17. The molecule has 0 N–H and O–H groups in total. The molecule has 74 valence electrons. The molecule has 0 aromatic rings. The largest absolute Gasteiger partial charge is 0.0999 e. The lowest BCUT2D eigenvalue weighted by Crippen LogP contribution is -1.82. The molecule has 0 aliphatic heterocycles. The van der Waals surface area contributed by atoms with Crippen LogP contribution in [0.2, 0.25) is 0 Å². The van der Waals surface area contributed by atoms with E-state index in [0.717, 1.165) is 6.42 Å². The summed E-state index contributed by atoms with van der Waals surface area (Å²) in [5, 5.41) is 0. The zero-order valence-electron chi connectivity index (χ0n) is 9.27. The maximum atomic E-state index is 4.00. The molecule has 0 bridgehead atoms. The number of allylic oxidation sites excluding steroid dienone is 5. The first-order valence-electron chi connectivity index (χ1n) is 5.15. The molecule has 0 heterocycles. The number of hydrogen-bond donors (Lipinski definition) is 0. The average molecular weight is 178 g/mol. The molecule has 0 saturated carbocycles. The van der Waals surface area contributed by atoms with Gasteiger partial charge in [-0.15, -0.1) is 0 Å². The lowest BCUT2D eigenvalue weighted by atomic mass is 10.0. The molecule has 0 aromatic carbocycles. The Morgan fingerprint density at radius 1 is 1.31 bits per heavy atom. The minimum absolute atomic E-state index is 1.12. The van der Waals surface area contributed by atoms with Crippen LogP contribution in [0.5, 0.6) is 0 Å². The van der Waals surface area contributed by atoms with E-state index in [1.54, 1.807) is 0 Å². The molecule has 0 radical (unpaired) electrons. The second-order valence-electron chi connectivity index (χ2n) is 3.50. The highest BCUT2D eigenvalue weighted by Crippen LogP contribution is 2.12. The van der Waals surface area contributed by atoms with Crippen LogP contribution in [0, 0.1) is 0 Å². The van der Waals surface area contributed by atoms with E-state index in [4.69, 9.17) is 0 Å². The van der Waals surface area contributed by atoms with Gasteiger partial charge in [0.25, 0.3) is 0 Å². The first kappa shape index (κ1) is 12.2. The lowest BCUT2D eigenvalue weighted by molar-refractivity contribution is 0.783. The van der Waals surface area contributed by atoms with Gasteiger partial charge < -0.3 is 0 Å². The second kappa shape index (κ2) is 7.85. The van der Waals surface area contributed by atoms with E-state index in [1.807, 2.05) is 6.92 Å². The van der Waals surface area contributed by atoms with Crippen LogP contribution in [0.4, 0.5) is 0 Å². The van der Waals surface area contributed by atoms with Crippen LogP contribution < -0.4 is 0 Å². The quantitative estimate of drug-likeness (QED) is 0.410. The van der Waals surface area contributed by atoms with E-state index in [2.05, 4.69) is 38.7 Å². The van der Waals surface area contributed by atoms with Crippen LogP contribution in [-0.2, 0) is 0 Å². The highest BCUT2D eigenvalue weighted by molar-refractivity contribution is 5.10. The van der Waals surface area contributed by atoms with Gasteiger partial charge in [-0.3, -0.25) is 0 Å². The maximum absolute atomic E-state index is 4.00. The van der Waals surface area contributed by atoms with Gasteiger partial charge in [0.15, 0.2) is 0 Å². The molecule has 0 atom stereocenters. The molecule has 0 saturated heterocycles. The van der Waals surface area contributed by atoms with Crippen molar-refractivity contribution in [2.75, 3.05) is 0 Å². The third-order valence-corrected chi connectivity index (χ3v) is 2.17. The summed E-state index contributed by atoms with van der Waals surface area (Å²) in [5.74, 6) is 0. The molecule has 0 aliphatic rings. The van der Waals surface area contributed by atoms with Gasteiger partial charge in [0.1, 0.15) is 0 Å². The smallest absolute Gasteiger partial charge is 0.0317 e. The fourth-order valence-electron chi connectivity index (χ4n) is 1.14. The van der Waals surface area contributed by atoms with Gasteiger partial charge in [-0.2, -0.15) is 0 Å². The minimum Gasteiger partial charge on any atom is -0.0999 e. The SMILES string of the molecule is C=C(CC)CCC/C(C)=C/C=C\C. The van der Waals surface area contributed by atoms with Crippen LogP contribution >= 0.6 is 0 Å². The Labute approximate surface area is 83.0 Å². The minimum atomic E-state index is 1.12. The van der Waals surface area contributed by atoms with E-state index < -0.39 is 0 Å². The first-order valence-corrected chi connectivity index (χ1v) is 5.15. The van der Waals surface area contributed by atoms with Crippen molar-refractivity contribution in [1.82, 2.24) is 0 Å². The van der Waals surface area contributed by atoms with E-state index in [0.29, 0.717) is 0 Å². The summed E-state index contributed by atoms with van der Waals surface area (Å²) in [6, 6.07) is 0. The molecule has 0 aromatic heterocycles. The molecule has 0 nitrogen and oxygen atoms in total. The summed E-state index contributed by atoms with van der Waals surface area (Å²) >= 11 is 0. The van der Waals surface area contributed by atoms with Gasteiger partial charge in [0.05, 0.1) is 0 Å². The van der Waals surface area contributed by atoms with Crippen LogP contribution in [0.25, 0.3) is 0 Å². The van der Waals surface area contributed by atoms with Crippen molar-refractivity contribution in [1.29, 1.82) is 0 Å². The molecule has 13 heavy (non-hydrogen) atoms. The third kappa shape index (κ3) is 7.58. The molecule has 0 amide bonds. The van der Waals surface area contributed by atoms with Crippen molar-refractivity contribution in [3.8, 4) is 0 Å². The molecular formula is C13H22. The van der Waals surface area contributed by atoms with Crippen LogP contribution in [0.15, 0.2) is 36.0 Å². The van der Waals surface area contributed by atoms with Crippen molar-refractivity contribution < 1.29 is 0 Å². The summed E-state index contributed by atoms with van der Waals surface area (Å²) in [7, 11) is 0. The fourth-order valence-corrected chi connectivity index (χ4v) is 1.14. The van der Waals surface area contributed by atoms with E-state index >= 15 is 0 Å². The van der Waals surface area contributed by atoms with Crippen LogP contribution in [0.1, 0.15) is 46.5 Å². The summed E-state index contributed by atoms with van der Waals surface area (Å²) in [6.07, 6.45) is 11.1. The van der Waals surface area contributed by atoms with Crippen molar-refractivity contribution in [2.24, 2.45) is 0 Å². The monoisotopic (exact) mass is 178 g/mol. The van der Waals surface area contributed by atoms with Crippen molar-refractivity contribution in [2.45, 2.75) is 46.5 Å². The van der Waals surface area contributed by atoms with Crippen molar-refractivity contribution in [3.05, 3.63) is 36.0 Å². The highest BCUT2D eigenvalue weighted by atomic mass is 14.0. The standard InChI is InChI=1S/C13H22/c1-5-7-9-13(4)11-8-10-12(3)6-2/h5,7,9H,3,6,8,10-11H2,1-2,4H3/b7-5-,13-9+. The topological polar surface area (TPSA) is 0 Å². The van der Waals surface area contributed by atoms with E-state index in [-0.39, 0.29) is 0 Å². The Morgan fingerprint density at radius 3 is 2.54 bits per heavy atom. The molecule has 0 heteroatoms. The second-order valence-corrected chi connectivity index (χ2v) is 3.50. The van der Waals surface area contributed by atoms with Crippen molar-refractivity contribution in [3.63, 3.8) is 0 Å². The van der Waals surface area contributed by atoms with Gasteiger partial charge in [-0.1, -0.05) is 42.9 Å². The van der Waals surface area contributed by atoms with Crippen molar-refractivity contribution >= 4 is 0 Å². The molecule has 0 rings (SSSR count). The Balaban J connectivity index is 3.58. The zero-order valence-corrected chi connectivity index (χ0v) is 9.27. The predicted molar refractivity (Wildman–Crippen MR) is 61.9 cm³/mol. The zero-order chi connectivity index (χ0) is 10.1. The average Bonchev–Trinajstić information content (AvgIpc) is 2.14. The summed E-state index contributed by atoms with van der Waals surface area (Å²) < 4.78 is 0. The summed E-state index contributed by atoms with van der Waals surface area (Å²) in [4.78, 5) is 0. The predicted octanol–water partition coefficient (Wildman–Crippen LogP) is 4.65. The number of rotatable bonds is 6. The molecule has 0 aliphatic carbocycles. The molecule has 0 fully saturated rings. The normalized spacial score (nSPS) is 12.4. The summed E-state index contributed by atoms with van der Waals surface area (Å²) in [5.41, 5.74) is 2.83. The molecule has 0 spiro atoms. The Bertz CT molecular complexity index is 194. The Hall–Kier alpha value is -0.780. The van der Waals surface area contributed by atoms with Gasteiger partial charge in [-0.25, -0.2) is 0 Å². The Morgan fingerprint density at radius 2 is 2.00 bits per heavy atom. The molecule has 0 unspecified atom stereocenters. The van der Waals surface area contributed by atoms with E-state index in [9.17, 15) is 0 Å². The lowest BCUT2D eigenvalue weighted by Gasteiger charge is -2.02. The Kier molecular flexibility index (Phi) is 7.38. The van der Waals surface area contributed by atoms with Gasteiger partial charge in [0, 0.05) is 0 Å². The van der Waals surface area contributed by atoms with E-state index in [1.165, 1.54) is 30.4 Å². The van der Waals surface area contributed by atoms with Crippen LogP contribution in [-0.4, -0.2) is 0 Å². The van der Waals surface area contributed by atoms with Gasteiger partial charge in [-0.05, 0) is 39.5 Å². The van der Waals surface area contributed by atoms with Gasteiger partial charge >= 0.3 is 0 Å².